The molecule has 1 aromatic heterocycles. The van der Waals surface area contributed by atoms with Crippen LogP contribution >= 0.6 is 0 Å². The van der Waals surface area contributed by atoms with Crippen LogP contribution in [0, 0.1) is 0 Å². The fourth-order valence-corrected chi connectivity index (χ4v) is 9.97. The lowest BCUT2D eigenvalue weighted by Gasteiger charge is -2.31. The average molecular weight is 749 g/mol. The van der Waals surface area contributed by atoms with Crippen LogP contribution < -0.4 is 0 Å². The number of nitrogens with zero attached hydrogens (tertiary/aromatic N) is 2. The van der Waals surface area contributed by atoms with Gasteiger partial charge >= 0.3 is 0 Å². The standard InChI is InChI=1S/C57H36N2/c1-3-16-37(17-4-1)41-21-15-22-43(34-41)53-36-52(39-18-5-2-6-19-39)58-56(59-53)40-32-30-38(31-33-40)48-35-42-20-7-8-23-44(42)55-54(48)47-26-11-14-29-51(47)57(55)49-27-12-9-24-45(49)46-25-10-13-28-50(46)57/h1-36H. The molecule has 0 fully saturated rings. The van der Waals surface area contributed by atoms with Gasteiger partial charge in [0, 0.05) is 16.7 Å². The third-order valence-corrected chi connectivity index (χ3v) is 12.5. The second kappa shape index (κ2) is 13.2. The molecule has 10 aromatic rings. The largest absolute Gasteiger partial charge is 0.228 e. The van der Waals surface area contributed by atoms with E-state index < -0.39 is 5.41 Å². The van der Waals surface area contributed by atoms with Crippen LogP contribution in [0.15, 0.2) is 218 Å². The van der Waals surface area contributed by atoms with E-state index in [9.17, 15) is 0 Å². The molecule has 12 rings (SSSR count). The fourth-order valence-electron chi connectivity index (χ4n) is 9.97. The Morgan fingerprint density at radius 1 is 0.305 bits per heavy atom. The number of aromatic nitrogens is 2. The smallest absolute Gasteiger partial charge is 0.160 e. The van der Waals surface area contributed by atoms with E-state index in [4.69, 9.17) is 9.97 Å². The Morgan fingerprint density at radius 2 is 0.814 bits per heavy atom. The maximum absolute atomic E-state index is 5.24. The zero-order chi connectivity index (χ0) is 38.9. The molecule has 2 aliphatic carbocycles. The molecule has 2 aliphatic rings. The fraction of sp³-hybridized carbons (Fsp3) is 0.0175. The summed E-state index contributed by atoms with van der Waals surface area (Å²) in [5, 5.41) is 2.53. The van der Waals surface area contributed by atoms with Gasteiger partial charge in [-0.2, -0.15) is 0 Å². The van der Waals surface area contributed by atoms with Gasteiger partial charge in [-0.15, -0.1) is 0 Å². The molecule has 1 heterocycles. The van der Waals surface area contributed by atoms with Crippen LogP contribution in [0.3, 0.4) is 0 Å². The van der Waals surface area contributed by atoms with Gasteiger partial charge in [0.2, 0.25) is 0 Å². The molecule has 0 bridgehead atoms. The Labute approximate surface area is 343 Å². The highest BCUT2D eigenvalue weighted by Crippen LogP contribution is 2.65. The first-order valence-electron chi connectivity index (χ1n) is 20.3. The van der Waals surface area contributed by atoms with E-state index in [1.807, 2.05) is 6.07 Å². The molecule has 0 atom stereocenters. The van der Waals surface area contributed by atoms with Crippen molar-refractivity contribution in [2.75, 3.05) is 0 Å². The molecule has 0 unspecified atom stereocenters. The lowest BCUT2D eigenvalue weighted by Crippen LogP contribution is -2.26. The van der Waals surface area contributed by atoms with E-state index >= 15 is 0 Å². The van der Waals surface area contributed by atoms with Crippen molar-refractivity contribution in [3.05, 3.63) is 241 Å². The number of rotatable bonds is 5. The van der Waals surface area contributed by atoms with Crippen LogP contribution in [0.25, 0.3) is 89.2 Å². The molecule has 0 N–H and O–H groups in total. The Kier molecular flexibility index (Phi) is 7.48. The summed E-state index contributed by atoms with van der Waals surface area (Å²) in [4.78, 5) is 10.4. The van der Waals surface area contributed by atoms with Gasteiger partial charge in [0.05, 0.1) is 16.8 Å². The molecule has 2 heteroatoms. The summed E-state index contributed by atoms with van der Waals surface area (Å²) in [5.41, 5.74) is 19.8. The van der Waals surface area contributed by atoms with Crippen LogP contribution in [-0.4, -0.2) is 9.97 Å². The quantitative estimate of drug-likeness (QED) is 0.175. The normalized spacial score (nSPS) is 12.9. The third-order valence-electron chi connectivity index (χ3n) is 12.5. The summed E-state index contributed by atoms with van der Waals surface area (Å²) >= 11 is 0. The first-order chi connectivity index (χ1) is 29.3. The van der Waals surface area contributed by atoms with Crippen LogP contribution in [0.4, 0.5) is 0 Å². The monoisotopic (exact) mass is 748 g/mol. The van der Waals surface area contributed by atoms with Crippen molar-refractivity contribution in [2.45, 2.75) is 5.41 Å². The van der Waals surface area contributed by atoms with Crippen molar-refractivity contribution in [3.8, 4) is 78.4 Å². The number of fused-ring (bicyclic) bond motifs is 12. The minimum Gasteiger partial charge on any atom is -0.228 e. The zero-order valence-electron chi connectivity index (χ0n) is 32.2. The van der Waals surface area contributed by atoms with Crippen molar-refractivity contribution < 1.29 is 0 Å². The molecular weight excluding hydrogens is 713 g/mol. The maximum Gasteiger partial charge on any atom is 0.160 e. The molecule has 0 saturated carbocycles. The molecule has 59 heavy (non-hydrogen) atoms. The van der Waals surface area contributed by atoms with Gasteiger partial charge in [-0.1, -0.05) is 200 Å². The van der Waals surface area contributed by atoms with Gasteiger partial charge in [0.1, 0.15) is 0 Å². The van der Waals surface area contributed by atoms with Crippen molar-refractivity contribution >= 4 is 10.8 Å². The molecule has 1 spiro atoms. The second-order valence-electron chi connectivity index (χ2n) is 15.6. The molecule has 0 aliphatic heterocycles. The van der Waals surface area contributed by atoms with Crippen molar-refractivity contribution in [1.29, 1.82) is 0 Å². The second-order valence-corrected chi connectivity index (χ2v) is 15.6. The van der Waals surface area contributed by atoms with Crippen molar-refractivity contribution in [2.24, 2.45) is 0 Å². The Balaban J connectivity index is 1.04. The number of hydrogen-bond acceptors (Lipinski definition) is 2. The lowest BCUT2D eigenvalue weighted by molar-refractivity contribution is 0.801. The van der Waals surface area contributed by atoms with Crippen LogP contribution in [-0.2, 0) is 5.41 Å². The number of hydrogen-bond donors (Lipinski definition) is 0. The van der Waals surface area contributed by atoms with Gasteiger partial charge in [-0.25, -0.2) is 9.97 Å². The van der Waals surface area contributed by atoms with Gasteiger partial charge in [0.25, 0.3) is 0 Å². The highest BCUT2D eigenvalue weighted by atomic mass is 14.9. The minimum absolute atomic E-state index is 0.436. The number of benzene rings is 9. The predicted molar refractivity (Wildman–Crippen MR) is 243 cm³/mol. The zero-order valence-corrected chi connectivity index (χ0v) is 32.2. The molecule has 274 valence electrons. The summed E-state index contributed by atoms with van der Waals surface area (Å²) in [6, 6.07) is 79.1. The Morgan fingerprint density at radius 3 is 1.51 bits per heavy atom. The molecule has 9 aromatic carbocycles. The Hall–Kier alpha value is -7.68. The van der Waals surface area contributed by atoms with E-state index in [0.717, 1.165) is 39.2 Å². The summed E-state index contributed by atoms with van der Waals surface area (Å²) in [6.07, 6.45) is 0. The van der Waals surface area contributed by atoms with E-state index in [1.54, 1.807) is 0 Å². The molecule has 0 radical (unpaired) electrons. The SMILES string of the molecule is c1ccc(-c2cccc(-c3cc(-c4ccccc4)nc(-c4ccc(-c5cc6ccccc6c6c5-c5ccccc5C65c6ccccc6-c6ccccc65)cc4)n3)c2)cc1. The first-order valence-corrected chi connectivity index (χ1v) is 20.3. The van der Waals surface area contributed by atoms with E-state index in [0.29, 0.717) is 5.82 Å². The summed E-state index contributed by atoms with van der Waals surface area (Å²) in [6.45, 7) is 0. The summed E-state index contributed by atoms with van der Waals surface area (Å²) in [5.74, 6) is 0.699. The molecule has 2 nitrogen and oxygen atoms in total. The third kappa shape index (κ3) is 5.06. The van der Waals surface area contributed by atoms with Gasteiger partial charge in [-0.05, 0) is 95.7 Å². The lowest BCUT2D eigenvalue weighted by atomic mass is 9.69. The van der Waals surface area contributed by atoms with Crippen molar-refractivity contribution in [1.82, 2.24) is 9.97 Å². The molecule has 0 amide bonds. The van der Waals surface area contributed by atoms with Crippen LogP contribution in [0.2, 0.25) is 0 Å². The predicted octanol–water partition coefficient (Wildman–Crippen LogP) is 14.3. The van der Waals surface area contributed by atoms with Crippen LogP contribution in [0.5, 0.6) is 0 Å². The van der Waals surface area contributed by atoms with Gasteiger partial charge < -0.3 is 0 Å². The summed E-state index contributed by atoms with van der Waals surface area (Å²) < 4.78 is 0. The van der Waals surface area contributed by atoms with E-state index in [-0.39, 0.29) is 0 Å². The Bertz CT molecular complexity index is 3210. The van der Waals surface area contributed by atoms with E-state index in [2.05, 4.69) is 212 Å². The average Bonchev–Trinajstić information content (AvgIpc) is 3.80. The first kappa shape index (κ1) is 33.5. The molecular formula is C57H36N2. The van der Waals surface area contributed by atoms with Crippen molar-refractivity contribution in [3.63, 3.8) is 0 Å². The topological polar surface area (TPSA) is 25.8 Å². The van der Waals surface area contributed by atoms with Gasteiger partial charge in [-0.3, -0.25) is 0 Å². The highest BCUT2D eigenvalue weighted by molar-refractivity contribution is 6.09. The highest BCUT2D eigenvalue weighted by Gasteiger charge is 2.52. The van der Waals surface area contributed by atoms with Crippen LogP contribution in [0.1, 0.15) is 22.3 Å². The summed E-state index contributed by atoms with van der Waals surface area (Å²) in [7, 11) is 0. The van der Waals surface area contributed by atoms with E-state index in [1.165, 1.54) is 66.4 Å². The minimum atomic E-state index is -0.436. The molecule has 0 saturated heterocycles. The maximum atomic E-state index is 5.24. The van der Waals surface area contributed by atoms with Gasteiger partial charge in [0.15, 0.2) is 5.82 Å².